The Kier molecular flexibility index (Phi) is 7.20. The van der Waals surface area contributed by atoms with Crippen molar-refractivity contribution in [2.75, 3.05) is 33.3 Å². The van der Waals surface area contributed by atoms with Crippen LogP contribution in [0, 0.1) is 0 Å². The molecule has 0 amide bonds. The average molecular weight is 318 g/mol. The Labute approximate surface area is 139 Å². The molecule has 0 radical (unpaired) electrons. The molecule has 23 heavy (non-hydrogen) atoms. The summed E-state index contributed by atoms with van der Waals surface area (Å²) in [7, 11) is 1.69. The van der Waals surface area contributed by atoms with E-state index in [9.17, 15) is 0 Å². The molecule has 0 bridgehead atoms. The van der Waals surface area contributed by atoms with E-state index < -0.39 is 0 Å². The summed E-state index contributed by atoms with van der Waals surface area (Å²) in [5, 5.41) is 3.19. The van der Waals surface area contributed by atoms with Crippen molar-refractivity contribution in [3.8, 4) is 5.75 Å². The maximum Gasteiger partial charge on any atom is 0.188 e. The van der Waals surface area contributed by atoms with E-state index in [0.717, 1.165) is 38.2 Å². The van der Waals surface area contributed by atoms with Crippen LogP contribution in [-0.4, -0.2) is 44.1 Å². The third kappa shape index (κ3) is 5.43. The number of benzene rings is 1. The Morgan fingerprint density at radius 1 is 1.30 bits per heavy atom. The van der Waals surface area contributed by atoms with Crippen molar-refractivity contribution < 1.29 is 4.74 Å². The van der Waals surface area contributed by atoms with Gasteiger partial charge in [0.15, 0.2) is 5.96 Å². The third-order valence-electron chi connectivity index (χ3n) is 4.35. The number of nitrogens with two attached hydrogens (primary N) is 1. The second-order valence-corrected chi connectivity index (χ2v) is 6.04. The van der Waals surface area contributed by atoms with Gasteiger partial charge in [-0.2, -0.15) is 0 Å². The summed E-state index contributed by atoms with van der Waals surface area (Å²) in [4.78, 5) is 7.07. The van der Waals surface area contributed by atoms with Crippen LogP contribution in [0.4, 0.5) is 0 Å². The van der Waals surface area contributed by atoms with Gasteiger partial charge in [0.1, 0.15) is 5.75 Å². The Morgan fingerprint density at radius 3 is 2.61 bits per heavy atom. The lowest BCUT2D eigenvalue weighted by Gasteiger charge is -2.27. The molecule has 1 aromatic rings. The lowest BCUT2D eigenvalue weighted by molar-refractivity contribution is 0.251. The highest BCUT2D eigenvalue weighted by Gasteiger charge is 2.23. The Morgan fingerprint density at radius 2 is 2.00 bits per heavy atom. The molecule has 5 heteroatoms. The fourth-order valence-electron chi connectivity index (χ4n) is 2.94. The molecule has 1 aliphatic rings. The molecule has 1 aromatic carbocycles. The molecule has 1 saturated heterocycles. The summed E-state index contributed by atoms with van der Waals surface area (Å²) in [6.07, 6.45) is 4.80. The lowest BCUT2D eigenvalue weighted by atomic mass is 10.1. The summed E-state index contributed by atoms with van der Waals surface area (Å²) in [5.74, 6) is 1.44. The maximum absolute atomic E-state index is 5.99. The number of aliphatic imine (C=N–C) groups is 1. The molecule has 1 fully saturated rings. The fraction of sp³-hybridized carbons (Fsp3) is 0.611. The Bertz CT molecular complexity index is 480. The number of nitrogens with zero attached hydrogens (tertiary/aromatic N) is 2. The van der Waals surface area contributed by atoms with Crippen LogP contribution in [0.3, 0.4) is 0 Å². The molecule has 1 atom stereocenters. The summed E-state index contributed by atoms with van der Waals surface area (Å²) in [6.45, 7) is 6.02. The van der Waals surface area contributed by atoms with Crippen LogP contribution >= 0.6 is 0 Å². The molecule has 2 rings (SSSR count). The number of nitrogens with one attached hydrogen (secondary N) is 1. The summed E-state index contributed by atoms with van der Waals surface area (Å²) < 4.78 is 5.26. The molecule has 5 nitrogen and oxygen atoms in total. The van der Waals surface area contributed by atoms with E-state index >= 15 is 0 Å². The van der Waals surface area contributed by atoms with Gasteiger partial charge in [-0.1, -0.05) is 25.5 Å². The normalized spacial score (nSPS) is 17.2. The van der Waals surface area contributed by atoms with Gasteiger partial charge in [0.2, 0.25) is 0 Å². The first kappa shape index (κ1) is 17.6. The van der Waals surface area contributed by atoms with Crippen LogP contribution < -0.4 is 15.8 Å². The quantitative estimate of drug-likeness (QED) is 0.439. The van der Waals surface area contributed by atoms with Crippen LogP contribution in [0.25, 0.3) is 0 Å². The lowest BCUT2D eigenvalue weighted by Crippen LogP contribution is -2.34. The SMILES string of the molecule is CCCCNC(N)=NCC(c1ccc(OC)cc1)N1CCCC1. The number of hydrogen-bond acceptors (Lipinski definition) is 3. The first-order chi connectivity index (χ1) is 11.2. The first-order valence-electron chi connectivity index (χ1n) is 8.66. The van der Waals surface area contributed by atoms with Gasteiger partial charge in [0.05, 0.1) is 19.7 Å². The monoisotopic (exact) mass is 318 g/mol. The van der Waals surface area contributed by atoms with Gasteiger partial charge in [0, 0.05) is 6.54 Å². The van der Waals surface area contributed by atoms with E-state index in [0.29, 0.717) is 12.5 Å². The smallest absolute Gasteiger partial charge is 0.188 e. The zero-order chi connectivity index (χ0) is 16.5. The molecule has 1 heterocycles. The zero-order valence-corrected chi connectivity index (χ0v) is 14.4. The second kappa shape index (κ2) is 9.40. The number of hydrogen-bond donors (Lipinski definition) is 2. The van der Waals surface area contributed by atoms with E-state index in [4.69, 9.17) is 10.5 Å². The Balaban J connectivity index is 2.03. The highest BCUT2D eigenvalue weighted by atomic mass is 16.5. The second-order valence-electron chi connectivity index (χ2n) is 6.04. The topological polar surface area (TPSA) is 62.9 Å². The predicted molar refractivity (Wildman–Crippen MR) is 95.9 cm³/mol. The van der Waals surface area contributed by atoms with Crippen molar-refractivity contribution in [1.29, 1.82) is 0 Å². The van der Waals surface area contributed by atoms with Gasteiger partial charge in [-0.25, -0.2) is 0 Å². The molecule has 0 aliphatic carbocycles. The summed E-state index contributed by atoms with van der Waals surface area (Å²) in [6, 6.07) is 8.60. The van der Waals surface area contributed by atoms with Crippen molar-refractivity contribution in [1.82, 2.24) is 10.2 Å². The standard InChI is InChI=1S/C18H30N4O/c1-3-4-11-20-18(19)21-14-17(22-12-5-6-13-22)15-7-9-16(23-2)10-8-15/h7-10,17H,3-6,11-14H2,1-2H3,(H3,19,20,21). The molecule has 1 aliphatic heterocycles. The van der Waals surface area contributed by atoms with Crippen molar-refractivity contribution in [3.63, 3.8) is 0 Å². The van der Waals surface area contributed by atoms with E-state index in [2.05, 4.69) is 34.3 Å². The maximum atomic E-state index is 5.99. The average Bonchev–Trinajstić information content (AvgIpc) is 3.10. The third-order valence-corrected chi connectivity index (χ3v) is 4.35. The van der Waals surface area contributed by atoms with Crippen molar-refractivity contribution in [2.45, 2.75) is 38.6 Å². The molecule has 3 N–H and O–H groups in total. The van der Waals surface area contributed by atoms with Crippen molar-refractivity contribution in [3.05, 3.63) is 29.8 Å². The summed E-state index contributed by atoms with van der Waals surface area (Å²) in [5.41, 5.74) is 7.26. The minimum Gasteiger partial charge on any atom is -0.497 e. The van der Waals surface area contributed by atoms with Gasteiger partial charge in [-0.3, -0.25) is 9.89 Å². The number of methoxy groups -OCH3 is 1. The summed E-state index contributed by atoms with van der Waals surface area (Å²) >= 11 is 0. The highest BCUT2D eigenvalue weighted by molar-refractivity contribution is 5.77. The van der Waals surface area contributed by atoms with Gasteiger partial charge >= 0.3 is 0 Å². The molecule has 0 spiro atoms. The predicted octanol–water partition coefficient (Wildman–Crippen LogP) is 2.54. The number of ether oxygens (including phenoxy) is 1. The van der Waals surface area contributed by atoms with Crippen LogP contribution in [0.15, 0.2) is 29.3 Å². The molecular formula is C18H30N4O. The molecule has 0 aromatic heterocycles. The fourth-order valence-corrected chi connectivity index (χ4v) is 2.94. The zero-order valence-electron chi connectivity index (χ0n) is 14.4. The van der Waals surface area contributed by atoms with E-state index in [-0.39, 0.29) is 6.04 Å². The van der Waals surface area contributed by atoms with Crippen LogP contribution in [0.2, 0.25) is 0 Å². The number of guanidine groups is 1. The molecule has 128 valence electrons. The van der Waals surface area contributed by atoms with Gasteiger partial charge < -0.3 is 15.8 Å². The highest BCUT2D eigenvalue weighted by Crippen LogP contribution is 2.26. The number of likely N-dealkylation sites (tertiary alicyclic amines) is 1. The van der Waals surface area contributed by atoms with E-state index in [1.54, 1.807) is 7.11 Å². The van der Waals surface area contributed by atoms with Crippen LogP contribution in [0.5, 0.6) is 5.75 Å². The van der Waals surface area contributed by atoms with Crippen molar-refractivity contribution >= 4 is 5.96 Å². The molecular weight excluding hydrogens is 288 g/mol. The number of rotatable bonds is 8. The first-order valence-corrected chi connectivity index (χ1v) is 8.66. The minimum atomic E-state index is 0.287. The Hall–Kier alpha value is -1.75. The van der Waals surface area contributed by atoms with E-state index in [1.165, 1.54) is 18.4 Å². The van der Waals surface area contributed by atoms with Crippen LogP contribution in [0.1, 0.15) is 44.2 Å². The van der Waals surface area contributed by atoms with Crippen LogP contribution in [-0.2, 0) is 0 Å². The number of unbranched alkanes of at least 4 members (excludes halogenated alkanes) is 1. The van der Waals surface area contributed by atoms with Gasteiger partial charge in [0.25, 0.3) is 0 Å². The minimum absolute atomic E-state index is 0.287. The van der Waals surface area contributed by atoms with Gasteiger partial charge in [-0.15, -0.1) is 0 Å². The largest absolute Gasteiger partial charge is 0.497 e. The molecule has 0 saturated carbocycles. The molecule has 1 unspecified atom stereocenters. The van der Waals surface area contributed by atoms with Crippen molar-refractivity contribution in [2.24, 2.45) is 10.7 Å². The van der Waals surface area contributed by atoms with Gasteiger partial charge in [-0.05, 0) is 50.0 Å². The van der Waals surface area contributed by atoms with E-state index in [1.807, 2.05) is 12.1 Å².